The molecule has 0 aliphatic carbocycles. The number of unbranched alkanes of at least 4 members (excludes halogenated alkanes) is 1. The maximum absolute atomic E-state index is 5.61. The molecule has 0 amide bonds. The van der Waals surface area contributed by atoms with Crippen molar-refractivity contribution in [2.75, 3.05) is 0 Å². The van der Waals surface area contributed by atoms with Gasteiger partial charge in [-0.15, -0.1) is 0 Å². The first kappa shape index (κ1) is 12.3. The van der Waals surface area contributed by atoms with Crippen LogP contribution in [-0.4, -0.2) is 4.98 Å². The second-order valence-corrected chi connectivity index (χ2v) is 4.99. The summed E-state index contributed by atoms with van der Waals surface area (Å²) in [5.74, 6) is 0. The summed E-state index contributed by atoms with van der Waals surface area (Å²) < 4.78 is 0. The zero-order valence-electron chi connectivity index (χ0n) is 10.7. The molecule has 0 atom stereocenters. The Hall–Kier alpha value is -1.15. The van der Waals surface area contributed by atoms with E-state index >= 15 is 0 Å². The van der Waals surface area contributed by atoms with Crippen LogP contribution in [-0.2, 0) is 19.0 Å². The van der Waals surface area contributed by atoms with Crippen molar-refractivity contribution in [1.82, 2.24) is 4.98 Å². The van der Waals surface area contributed by atoms with E-state index in [4.69, 9.17) is 17.6 Å². The number of pyridine rings is 1. The highest BCUT2D eigenvalue weighted by molar-refractivity contribution is 7.59. The maximum Gasteiger partial charge on any atom is 0.0719 e. The second-order valence-electron chi connectivity index (χ2n) is 4.58. The molecule has 0 bridgehead atoms. The fourth-order valence-corrected chi connectivity index (χ4v) is 2.62. The topological polar surface area (TPSA) is 12.9 Å². The summed E-state index contributed by atoms with van der Waals surface area (Å²) >= 11 is 5.61. The molecule has 2 rings (SSSR count). The van der Waals surface area contributed by atoms with Crippen LogP contribution in [0.3, 0.4) is 0 Å². The summed E-state index contributed by atoms with van der Waals surface area (Å²) in [7, 11) is 0. The number of para-hydroxylation sites is 1. The molecule has 0 saturated carbocycles. The van der Waals surface area contributed by atoms with Crippen molar-refractivity contribution in [3.05, 3.63) is 35.0 Å². The lowest BCUT2D eigenvalue weighted by Crippen LogP contribution is -1.99. The third kappa shape index (κ3) is 2.27. The predicted molar refractivity (Wildman–Crippen MR) is 75.5 cm³/mol. The van der Waals surface area contributed by atoms with Gasteiger partial charge in [-0.3, -0.25) is 4.98 Å². The third-order valence-electron chi connectivity index (χ3n) is 3.25. The van der Waals surface area contributed by atoms with Crippen molar-refractivity contribution < 1.29 is 0 Å². The Bertz CT molecular complexity index is 546. The molecular weight excluding hydrogens is 226 g/mol. The largest absolute Gasteiger partial charge is 0.779 e. The summed E-state index contributed by atoms with van der Waals surface area (Å²) in [6.45, 7) is 6.37. The number of hydrogen-bond donors (Lipinski definition) is 0. The number of nitrogens with zero attached hydrogens (tertiary/aromatic N) is 1. The Morgan fingerprint density at radius 1 is 1.24 bits per heavy atom. The van der Waals surface area contributed by atoms with Gasteiger partial charge in [0.1, 0.15) is 0 Å². The molecule has 1 aromatic carbocycles. The first-order chi connectivity index (χ1) is 8.15. The number of benzene rings is 1. The molecule has 0 aliphatic rings. The first-order valence-corrected chi connectivity index (χ1v) is 6.61. The van der Waals surface area contributed by atoms with Crippen LogP contribution < -0.4 is 0 Å². The normalized spacial score (nSPS) is 11.0. The van der Waals surface area contributed by atoms with Crippen molar-refractivity contribution in [3.8, 4) is 0 Å². The van der Waals surface area contributed by atoms with Gasteiger partial charge in [0.05, 0.1) is 5.52 Å². The Balaban J connectivity index is 2.63. The quantitative estimate of drug-likeness (QED) is 0.754. The molecule has 0 N–H and O–H groups in total. The molecule has 0 saturated heterocycles. The highest BCUT2D eigenvalue weighted by Gasteiger charge is 2.06. The van der Waals surface area contributed by atoms with Crippen LogP contribution in [0.5, 0.6) is 0 Å². The van der Waals surface area contributed by atoms with Crippen LogP contribution in [0, 0.1) is 13.8 Å². The minimum atomic E-state index is 1.00. The van der Waals surface area contributed by atoms with Crippen molar-refractivity contribution >= 4 is 23.5 Å². The van der Waals surface area contributed by atoms with E-state index in [-0.39, 0.29) is 0 Å². The van der Waals surface area contributed by atoms with E-state index in [2.05, 4.69) is 39.0 Å². The van der Waals surface area contributed by atoms with E-state index in [9.17, 15) is 0 Å². The fraction of sp³-hybridized carbons (Fsp3) is 0.400. The summed E-state index contributed by atoms with van der Waals surface area (Å²) in [6, 6.07) is 6.25. The Labute approximate surface area is 109 Å². The highest BCUT2D eigenvalue weighted by atomic mass is 32.1. The van der Waals surface area contributed by atoms with Gasteiger partial charge in [-0.2, -0.15) is 4.90 Å². The average Bonchev–Trinajstić information content (AvgIpc) is 2.31. The Kier molecular flexibility index (Phi) is 3.63. The van der Waals surface area contributed by atoms with Gasteiger partial charge in [-0.1, -0.05) is 31.5 Å². The van der Waals surface area contributed by atoms with Crippen LogP contribution in [0.1, 0.15) is 36.6 Å². The van der Waals surface area contributed by atoms with Crippen LogP contribution in [0.2, 0.25) is 0 Å². The predicted octanol–water partition coefficient (Wildman–Crippen LogP) is 4.10. The molecule has 2 aromatic rings. The fourth-order valence-electron chi connectivity index (χ4n) is 2.20. The molecule has 90 valence electrons. The van der Waals surface area contributed by atoms with Gasteiger partial charge in [0, 0.05) is 5.69 Å². The summed E-state index contributed by atoms with van der Waals surface area (Å²) in [5, 5.41) is 1.14. The second kappa shape index (κ2) is 5.01. The van der Waals surface area contributed by atoms with Gasteiger partial charge in [0.15, 0.2) is 0 Å². The highest BCUT2D eigenvalue weighted by Crippen LogP contribution is 2.26. The summed E-state index contributed by atoms with van der Waals surface area (Å²) in [6.07, 6.45) is 3.43. The molecular formula is C15H18NS-. The van der Waals surface area contributed by atoms with Gasteiger partial charge in [0.25, 0.3) is 0 Å². The maximum atomic E-state index is 5.61. The molecule has 1 heterocycles. The molecule has 1 aromatic heterocycles. The SMILES string of the molecule is CCCCc1c(C)nc2c(C)cccc2c1[S-]. The minimum absolute atomic E-state index is 1.00. The van der Waals surface area contributed by atoms with Crippen LogP contribution in [0.25, 0.3) is 10.9 Å². The third-order valence-corrected chi connectivity index (χ3v) is 3.72. The molecule has 0 fully saturated rings. The lowest BCUT2D eigenvalue weighted by Gasteiger charge is -2.20. The van der Waals surface area contributed by atoms with Crippen molar-refractivity contribution in [2.45, 2.75) is 44.9 Å². The van der Waals surface area contributed by atoms with Crippen molar-refractivity contribution in [3.63, 3.8) is 0 Å². The Morgan fingerprint density at radius 3 is 2.71 bits per heavy atom. The number of aromatic nitrogens is 1. The number of aryl methyl sites for hydroxylation is 2. The Morgan fingerprint density at radius 2 is 2.00 bits per heavy atom. The lowest BCUT2D eigenvalue weighted by molar-refractivity contribution is 0.778. The number of rotatable bonds is 3. The van der Waals surface area contributed by atoms with Crippen LogP contribution in [0.4, 0.5) is 0 Å². The monoisotopic (exact) mass is 244 g/mol. The van der Waals surface area contributed by atoms with Crippen LogP contribution >= 0.6 is 0 Å². The zero-order valence-corrected chi connectivity index (χ0v) is 11.5. The molecule has 1 nitrogen and oxygen atoms in total. The van der Waals surface area contributed by atoms with E-state index in [0.717, 1.165) is 27.9 Å². The molecule has 2 heteroatoms. The minimum Gasteiger partial charge on any atom is -0.779 e. The molecule has 0 unspecified atom stereocenters. The first-order valence-electron chi connectivity index (χ1n) is 6.21. The lowest BCUT2D eigenvalue weighted by atomic mass is 10.0. The standard InChI is InChI=1S/C15H19NS/c1-4-5-8-12-11(3)16-14-10(2)7-6-9-13(14)15(12)17/h6-7,9H,4-5,8H2,1-3H3,(H,16,17)/p-1. The zero-order chi connectivity index (χ0) is 12.4. The molecule has 0 radical (unpaired) electrons. The van der Waals surface area contributed by atoms with E-state index in [0.29, 0.717) is 0 Å². The van der Waals surface area contributed by atoms with E-state index < -0.39 is 0 Å². The van der Waals surface area contributed by atoms with Crippen molar-refractivity contribution in [2.24, 2.45) is 0 Å². The van der Waals surface area contributed by atoms with E-state index in [1.54, 1.807) is 0 Å². The van der Waals surface area contributed by atoms with Gasteiger partial charge in [0.2, 0.25) is 0 Å². The molecule has 17 heavy (non-hydrogen) atoms. The van der Waals surface area contributed by atoms with Gasteiger partial charge in [-0.05, 0) is 43.2 Å². The van der Waals surface area contributed by atoms with Gasteiger partial charge < -0.3 is 12.6 Å². The average molecular weight is 244 g/mol. The van der Waals surface area contributed by atoms with E-state index in [1.807, 2.05) is 0 Å². The van der Waals surface area contributed by atoms with E-state index in [1.165, 1.54) is 24.0 Å². The summed E-state index contributed by atoms with van der Waals surface area (Å²) in [4.78, 5) is 5.73. The van der Waals surface area contributed by atoms with Crippen LogP contribution in [0.15, 0.2) is 23.1 Å². The molecule has 0 aliphatic heterocycles. The van der Waals surface area contributed by atoms with Gasteiger partial charge in [-0.25, -0.2) is 0 Å². The van der Waals surface area contributed by atoms with Crippen molar-refractivity contribution in [1.29, 1.82) is 0 Å². The number of hydrogen-bond acceptors (Lipinski definition) is 2. The van der Waals surface area contributed by atoms with Gasteiger partial charge >= 0.3 is 0 Å². The summed E-state index contributed by atoms with van der Waals surface area (Å²) in [5.41, 5.74) is 4.64. The smallest absolute Gasteiger partial charge is 0.0719 e. The molecule has 0 spiro atoms. The number of fused-ring (bicyclic) bond motifs is 1.